The van der Waals surface area contributed by atoms with Gasteiger partial charge in [0.05, 0.1) is 5.69 Å². The summed E-state index contributed by atoms with van der Waals surface area (Å²) >= 11 is 6.05. The quantitative estimate of drug-likeness (QED) is 0.580. The minimum atomic E-state index is -0.220. The SMILES string of the molecule is CN(Cc1cn(-c2ccc(Cl)cc2)c(Cc2ccc(F)cc2)n1)C1CCC1. The van der Waals surface area contributed by atoms with E-state index in [0.29, 0.717) is 17.5 Å². The van der Waals surface area contributed by atoms with Crippen molar-refractivity contribution in [2.45, 2.75) is 38.3 Å². The van der Waals surface area contributed by atoms with E-state index >= 15 is 0 Å². The molecule has 1 aliphatic rings. The molecule has 1 aromatic heterocycles. The van der Waals surface area contributed by atoms with E-state index in [1.807, 2.05) is 36.4 Å². The molecule has 0 aliphatic heterocycles. The maximum atomic E-state index is 13.2. The Hall–Kier alpha value is -2.17. The zero-order chi connectivity index (χ0) is 18.8. The number of rotatable bonds is 6. The molecular formula is C22H23ClFN3. The molecule has 0 N–H and O–H groups in total. The van der Waals surface area contributed by atoms with Gasteiger partial charge in [0.25, 0.3) is 0 Å². The smallest absolute Gasteiger partial charge is 0.123 e. The number of hydrogen-bond donors (Lipinski definition) is 0. The van der Waals surface area contributed by atoms with Crippen LogP contribution in [0.25, 0.3) is 5.69 Å². The second-order valence-corrected chi connectivity index (χ2v) is 7.73. The van der Waals surface area contributed by atoms with Crippen LogP contribution in [0.5, 0.6) is 0 Å². The lowest BCUT2D eigenvalue weighted by atomic mass is 9.92. The van der Waals surface area contributed by atoms with Gasteiger partial charge in [0.15, 0.2) is 0 Å². The summed E-state index contributed by atoms with van der Waals surface area (Å²) < 4.78 is 15.3. The van der Waals surface area contributed by atoms with Crippen molar-refractivity contribution in [1.82, 2.24) is 14.5 Å². The van der Waals surface area contributed by atoms with Gasteiger partial charge < -0.3 is 4.57 Å². The van der Waals surface area contributed by atoms with Gasteiger partial charge in [0, 0.05) is 35.9 Å². The van der Waals surface area contributed by atoms with Crippen LogP contribution in [0, 0.1) is 5.82 Å². The van der Waals surface area contributed by atoms with E-state index in [1.54, 1.807) is 0 Å². The Labute approximate surface area is 164 Å². The molecule has 140 valence electrons. The van der Waals surface area contributed by atoms with E-state index in [4.69, 9.17) is 16.6 Å². The molecule has 0 unspecified atom stereocenters. The van der Waals surface area contributed by atoms with Crippen molar-refractivity contribution in [3.05, 3.63) is 82.6 Å². The van der Waals surface area contributed by atoms with Gasteiger partial charge in [0.1, 0.15) is 11.6 Å². The predicted molar refractivity (Wildman–Crippen MR) is 107 cm³/mol. The Morgan fingerprint density at radius 1 is 1.11 bits per heavy atom. The van der Waals surface area contributed by atoms with Crippen LogP contribution in [0.1, 0.15) is 36.3 Å². The highest BCUT2D eigenvalue weighted by Gasteiger charge is 2.23. The monoisotopic (exact) mass is 383 g/mol. The minimum Gasteiger partial charge on any atom is -0.303 e. The molecular weight excluding hydrogens is 361 g/mol. The van der Waals surface area contributed by atoms with Crippen LogP contribution < -0.4 is 0 Å². The number of hydrogen-bond acceptors (Lipinski definition) is 2. The maximum absolute atomic E-state index is 13.2. The Morgan fingerprint density at radius 3 is 2.44 bits per heavy atom. The molecule has 0 amide bonds. The Bertz CT molecular complexity index is 898. The summed E-state index contributed by atoms with van der Waals surface area (Å²) in [6.07, 6.45) is 6.63. The van der Waals surface area contributed by atoms with Gasteiger partial charge in [-0.3, -0.25) is 4.90 Å². The number of nitrogens with zero attached hydrogens (tertiary/aromatic N) is 3. The third-order valence-electron chi connectivity index (χ3n) is 5.32. The molecule has 0 saturated heterocycles. The van der Waals surface area contributed by atoms with E-state index < -0.39 is 0 Å². The van der Waals surface area contributed by atoms with Crippen LogP contribution in [0.4, 0.5) is 4.39 Å². The van der Waals surface area contributed by atoms with Crippen LogP contribution in [-0.2, 0) is 13.0 Å². The lowest BCUT2D eigenvalue weighted by Gasteiger charge is -2.34. The fourth-order valence-electron chi connectivity index (χ4n) is 3.50. The van der Waals surface area contributed by atoms with E-state index in [2.05, 4.69) is 22.7 Å². The lowest BCUT2D eigenvalue weighted by molar-refractivity contribution is 0.151. The third kappa shape index (κ3) is 4.23. The molecule has 1 aliphatic carbocycles. The summed E-state index contributed by atoms with van der Waals surface area (Å²) in [5.74, 6) is 0.726. The predicted octanol–water partition coefficient (Wildman–Crippen LogP) is 5.24. The van der Waals surface area contributed by atoms with Crippen LogP contribution >= 0.6 is 11.6 Å². The number of benzene rings is 2. The fourth-order valence-corrected chi connectivity index (χ4v) is 3.62. The fraction of sp³-hybridized carbons (Fsp3) is 0.318. The molecule has 1 heterocycles. The summed E-state index contributed by atoms with van der Waals surface area (Å²) in [6.45, 7) is 0.835. The Balaban J connectivity index is 1.63. The molecule has 1 saturated carbocycles. The van der Waals surface area contributed by atoms with E-state index in [1.165, 1.54) is 31.4 Å². The van der Waals surface area contributed by atoms with Crippen molar-refractivity contribution in [3.63, 3.8) is 0 Å². The summed E-state index contributed by atoms with van der Waals surface area (Å²) in [7, 11) is 2.17. The molecule has 0 radical (unpaired) electrons. The Morgan fingerprint density at radius 2 is 1.81 bits per heavy atom. The van der Waals surface area contributed by atoms with Crippen LogP contribution in [-0.4, -0.2) is 27.5 Å². The molecule has 2 aromatic carbocycles. The van der Waals surface area contributed by atoms with Crippen molar-refractivity contribution in [2.75, 3.05) is 7.05 Å². The van der Waals surface area contributed by atoms with E-state index in [9.17, 15) is 4.39 Å². The van der Waals surface area contributed by atoms with Gasteiger partial charge in [-0.15, -0.1) is 0 Å². The molecule has 0 bridgehead atoms. The number of aromatic nitrogens is 2. The summed E-state index contributed by atoms with van der Waals surface area (Å²) in [6, 6.07) is 15.1. The van der Waals surface area contributed by atoms with Crippen LogP contribution in [0.15, 0.2) is 54.7 Å². The van der Waals surface area contributed by atoms with Crippen molar-refractivity contribution >= 4 is 11.6 Å². The average molecular weight is 384 g/mol. The maximum Gasteiger partial charge on any atom is 0.123 e. The van der Waals surface area contributed by atoms with E-state index in [-0.39, 0.29) is 5.82 Å². The summed E-state index contributed by atoms with van der Waals surface area (Å²) in [4.78, 5) is 7.29. The second kappa shape index (κ2) is 7.83. The first kappa shape index (κ1) is 18.2. The highest BCUT2D eigenvalue weighted by atomic mass is 35.5. The highest BCUT2D eigenvalue weighted by molar-refractivity contribution is 6.30. The van der Waals surface area contributed by atoms with Crippen molar-refractivity contribution in [1.29, 1.82) is 0 Å². The molecule has 0 spiro atoms. The topological polar surface area (TPSA) is 21.1 Å². The first-order valence-electron chi connectivity index (χ1n) is 9.36. The number of halogens is 2. The molecule has 5 heteroatoms. The lowest BCUT2D eigenvalue weighted by Crippen LogP contribution is -2.36. The van der Waals surface area contributed by atoms with E-state index in [0.717, 1.165) is 29.3 Å². The third-order valence-corrected chi connectivity index (χ3v) is 5.57. The van der Waals surface area contributed by atoms with Gasteiger partial charge in [-0.2, -0.15) is 0 Å². The molecule has 27 heavy (non-hydrogen) atoms. The van der Waals surface area contributed by atoms with Gasteiger partial charge in [-0.25, -0.2) is 9.37 Å². The first-order chi connectivity index (χ1) is 13.1. The largest absolute Gasteiger partial charge is 0.303 e. The molecule has 3 nitrogen and oxygen atoms in total. The number of imidazole rings is 1. The normalized spacial score (nSPS) is 14.5. The van der Waals surface area contributed by atoms with Crippen LogP contribution in [0.3, 0.4) is 0 Å². The first-order valence-corrected chi connectivity index (χ1v) is 9.74. The van der Waals surface area contributed by atoms with Crippen molar-refractivity contribution < 1.29 is 4.39 Å². The average Bonchev–Trinajstić information content (AvgIpc) is 2.98. The summed E-state index contributed by atoms with van der Waals surface area (Å²) in [5, 5.41) is 0.712. The van der Waals surface area contributed by atoms with Crippen molar-refractivity contribution in [3.8, 4) is 5.69 Å². The minimum absolute atomic E-state index is 0.220. The Kier molecular flexibility index (Phi) is 5.28. The zero-order valence-corrected chi connectivity index (χ0v) is 16.2. The molecule has 0 atom stereocenters. The molecule has 1 fully saturated rings. The second-order valence-electron chi connectivity index (χ2n) is 7.30. The van der Waals surface area contributed by atoms with Gasteiger partial charge in [-0.05, 0) is 61.9 Å². The van der Waals surface area contributed by atoms with Gasteiger partial charge in [0.2, 0.25) is 0 Å². The standard InChI is InChI=1S/C22H23ClFN3/c1-26(20-3-2-4-20)14-19-15-27(21-11-7-17(23)8-12-21)22(25-19)13-16-5-9-18(24)10-6-16/h5-12,15,20H,2-4,13-14H2,1H3. The summed E-state index contributed by atoms with van der Waals surface area (Å²) in [5.41, 5.74) is 3.12. The highest BCUT2D eigenvalue weighted by Crippen LogP contribution is 2.25. The molecule has 4 rings (SSSR count). The van der Waals surface area contributed by atoms with Gasteiger partial charge in [-0.1, -0.05) is 30.2 Å². The van der Waals surface area contributed by atoms with Gasteiger partial charge >= 0.3 is 0 Å². The molecule has 3 aromatic rings. The van der Waals surface area contributed by atoms with Crippen LogP contribution in [0.2, 0.25) is 5.02 Å². The van der Waals surface area contributed by atoms with Crippen molar-refractivity contribution in [2.24, 2.45) is 0 Å². The zero-order valence-electron chi connectivity index (χ0n) is 15.4.